The Balaban J connectivity index is 2.28. The molecular formula is C11H12INO2S. The standard InChI is InChI=1S/C11H12INO2S/c1-15-10-3-2-7(4-9(10)12)13-6-8(16)5-11(13)14/h2-4,8,16H,5-6H2,1H3. The number of halogens is 1. The summed E-state index contributed by atoms with van der Waals surface area (Å²) in [6.07, 6.45) is 0.520. The van der Waals surface area contributed by atoms with E-state index < -0.39 is 0 Å². The number of hydrogen-bond acceptors (Lipinski definition) is 3. The van der Waals surface area contributed by atoms with Gasteiger partial charge in [0.2, 0.25) is 5.91 Å². The van der Waals surface area contributed by atoms with Crippen LogP contribution in [-0.4, -0.2) is 24.8 Å². The van der Waals surface area contributed by atoms with E-state index in [2.05, 4.69) is 35.2 Å². The summed E-state index contributed by atoms with van der Waals surface area (Å²) in [5.74, 6) is 0.972. The van der Waals surface area contributed by atoms with Gasteiger partial charge in [0, 0.05) is 23.9 Å². The molecule has 0 aromatic heterocycles. The number of amides is 1. The maximum atomic E-state index is 11.7. The lowest BCUT2D eigenvalue weighted by Gasteiger charge is -2.17. The normalized spacial score (nSPS) is 20.3. The SMILES string of the molecule is COc1ccc(N2CC(S)CC2=O)cc1I. The minimum absolute atomic E-state index is 0.140. The number of ether oxygens (including phenoxy) is 1. The molecule has 5 heteroatoms. The van der Waals surface area contributed by atoms with Crippen LogP contribution in [0.2, 0.25) is 0 Å². The Hall–Kier alpha value is -0.430. The van der Waals surface area contributed by atoms with Crippen molar-refractivity contribution in [1.82, 2.24) is 0 Å². The number of hydrogen-bond donors (Lipinski definition) is 1. The van der Waals surface area contributed by atoms with Gasteiger partial charge in [-0.2, -0.15) is 12.6 Å². The third-order valence-electron chi connectivity index (χ3n) is 2.55. The molecule has 1 heterocycles. The lowest BCUT2D eigenvalue weighted by Crippen LogP contribution is -2.24. The molecule has 3 nitrogen and oxygen atoms in total. The second-order valence-electron chi connectivity index (χ2n) is 3.68. The molecule has 0 spiro atoms. The zero-order valence-electron chi connectivity index (χ0n) is 8.81. The molecule has 1 aromatic rings. The van der Waals surface area contributed by atoms with E-state index in [1.807, 2.05) is 18.2 Å². The van der Waals surface area contributed by atoms with Crippen LogP contribution in [0.15, 0.2) is 18.2 Å². The Labute approximate surface area is 114 Å². The first-order valence-corrected chi connectivity index (χ1v) is 6.53. The fraction of sp³-hybridized carbons (Fsp3) is 0.364. The molecule has 0 aliphatic carbocycles. The third-order valence-corrected chi connectivity index (χ3v) is 3.74. The summed E-state index contributed by atoms with van der Waals surface area (Å²) >= 11 is 6.54. The van der Waals surface area contributed by atoms with Crippen molar-refractivity contribution in [3.63, 3.8) is 0 Å². The predicted molar refractivity (Wildman–Crippen MR) is 75.5 cm³/mol. The van der Waals surface area contributed by atoms with Gasteiger partial charge in [0.25, 0.3) is 0 Å². The summed E-state index contributed by atoms with van der Waals surface area (Å²) in [7, 11) is 1.64. The predicted octanol–water partition coefficient (Wildman–Crippen LogP) is 2.33. The zero-order valence-corrected chi connectivity index (χ0v) is 11.9. The van der Waals surface area contributed by atoms with Crippen molar-refractivity contribution in [2.75, 3.05) is 18.6 Å². The second-order valence-corrected chi connectivity index (χ2v) is 5.57. The van der Waals surface area contributed by atoms with Gasteiger partial charge < -0.3 is 9.64 Å². The van der Waals surface area contributed by atoms with Crippen LogP contribution in [0.3, 0.4) is 0 Å². The summed E-state index contributed by atoms with van der Waals surface area (Å²) in [6, 6.07) is 5.75. The smallest absolute Gasteiger partial charge is 0.228 e. The monoisotopic (exact) mass is 349 g/mol. The van der Waals surface area contributed by atoms with Crippen LogP contribution < -0.4 is 9.64 Å². The quantitative estimate of drug-likeness (QED) is 0.656. The highest BCUT2D eigenvalue weighted by molar-refractivity contribution is 14.1. The number of anilines is 1. The molecule has 0 saturated carbocycles. The second kappa shape index (κ2) is 4.83. The number of carbonyl (C=O) groups excluding carboxylic acids is 1. The summed E-state index contributed by atoms with van der Waals surface area (Å²) in [5.41, 5.74) is 0.923. The number of thiol groups is 1. The van der Waals surface area contributed by atoms with Crippen LogP contribution in [-0.2, 0) is 4.79 Å². The number of methoxy groups -OCH3 is 1. The van der Waals surface area contributed by atoms with Crippen LogP contribution in [0.25, 0.3) is 0 Å². The number of benzene rings is 1. The van der Waals surface area contributed by atoms with E-state index in [1.54, 1.807) is 12.0 Å². The maximum absolute atomic E-state index is 11.7. The largest absolute Gasteiger partial charge is 0.496 e. The van der Waals surface area contributed by atoms with Crippen molar-refractivity contribution in [3.05, 3.63) is 21.8 Å². The van der Waals surface area contributed by atoms with Crippen molar-refractivity contribution < 1.29 is 9.53 Å². The highest BCUT2D eigenvalue weighted by Crippen LogP contribution is 2.29. The van der Waals surface area contributed by atoms with Gasteiger partial charge in [-0.3, -0.25) is 4.79 Å². The van der Waals surface area contributed by atoms with E-state index in [1.165, 1.54) is 0 Å². The van der Waals surface area contributed by atoms with Crippen LogP contribution in [0.4, 0.5) is 5.69 Å². The van der Waals surface area contributed by atoms with E-state index >= 15 is 0 Å². The van der Waals surface area contributed by atoms with Gasteiger partial charge in [0.15, 0.2) is 0 Å². The van der Waals surface area contributed by atoms with Crippen molar-refractivity contribution in [2.24, 2.45) is 0 Å². The fourth-order valence-corrected chi connectivity index (χ4v) is 2.80. The first kappa shape index (κ1) is 12.0. The van der Waals surface area contributed by atoms with Gasteiger partial charge in [0.1, 0.15) is 5.75 Å². The molecule has 0 N–H and O–H groups in total. The van der Waals surface area contributed by atoms with Gasteiger partial charge in [-0.25, -0.2) is 0 Å². The molecule has 1 amide bonds. The highest BCUT2D eigenvalue weighted by Gasteiger charge is 2.28. The third kappa shape index (κ3) is 2.29. The first-order valence-electron chi connectivity index (χ1n) is 4.94. The molecule has 2 rings (SSSR count). The Bertz CT molecular complexity index is 424. The van der Waals surface area contributed by atoms with Gasteiger partial charge in [-0.15, -0.1) is 0 Å². The fourth-order valence-electron chi connectivity index (χ4n) is 1.76. The maximum Gasteiger partial charge on any atom is 0.228 e. The van der Waals surface area contributed by atoms with Gasteiger partial charge in [-0.05, 0) is 40.8 Å². The van der Waals surface area contributed by atoms with Crippen LogP contribution in [0.5, 0.6) is 5.75 Å². The van der Waals surface area contributed by atoms with E-state index in [9.17, 15) is 4.79 Å². The van der Waals surface area contributed by atoms with Gasteiger partial charge >= 0.3 is 0 Å². The molecule has 0 bridgehead atoms. The number of rotatable bonds is 2. The van der Waals surface area contributed by atoms with Crippen LogP contribution in [0.1, 0.15) is 6.42 Å². The topological polar surface area (TPSA) is 29.5 Å². The molecule has 1 aromatic carbocycles. The molecule has 1 aliphatic heterocycles. The molecular weight excluding hydrogens is 337 g/mol. The average Bonchev–Trinajstić information content (AvgIpc) is 2.58. The summed E-state index contributed by atoms with van der Waals surface area (Å²) in [6.45, 7) is 0.685. The summed E-state index contributed by atoms with van der Waals surface area (Å²) in [5, 5.41) is 0.146. The Morgan fingerprint density at radius 2 is 2.31 bits per heavy atom. The number of nitrogens with zero attached hydrogens (tertiary/aromatic N) is 1. The van der Waals surface area contributed by atoms with Crippen molar-refractivity contribution in [2.45, 2.75) is 11.7 Å². The van der Waals surface area contributed by atoms with E-state index in [4.69, 9.17) is 4.74 Å². The van der Waals surface area contributed by atoms with Gasteiger partial charge in [-0.1, -0.05) is 0 Å². The first-order chi connectivity index (χ1) is 7.61. The Kier molecular flexibility index (Phi) is 3.63. The van der Waals surface area contributed by atoms with Crippen LogP contribution in [0, 0.1) is 3.57 Å². The minimum Gasteiger partial charge on any atom is -0.496 e. The molecule has 1 aliphatic rings. The Morgan fingerprint density at radius 1 is 1.56 bits per heavy atom. The summed E-state index contributed by atoms with van der Waals surface area (Å²) < 4.78 is 6.19. The van der Waals surface area contributed by atoms with Gasteiger partial charge in [0.05, 0.1) is 10.7 Å². The molecule has 0 radical (unpaired) electrons. The van der Waals surface area contributed by atoms with Crippen molar-refractivity contribution in [1.29, 1.82) is 0 Å². The molecule has 1 atom stereocenters. The van der Waals surface area contributed by atoms with Crippen molar-refractivity contribution in [3.8, 4) is 5.75 Å². The van der Waals surface area contributed by atoms with E-state index in [-0.39, 0.29) is 11.2 Å². The van der Waals surface area contributed by atoms with E-state index in [0.29, 0.717) is 13.0 Å². The lowest BCUT2D eigenvalue weighted by atomic mass is 10.3. The van der Waals surface area contributed by atoms with E-state index in [0.717, 1.165) is 15.0 Å². The molecule has 1 unspecified atom stereocenters. The minimum atomic E-state index is 0.140. The lowest BCUT2D eigenvalue weighted by molar-refractivity contribution is -0.117. The molecule has 16 heavy (non-hydrogen) atoms. The molecule has 1 fully saturated rings. The molecule has 1 saturated heterocycles. The highest BCUT2D eigenvalue weighted by atomic mass is 127. The average molecular weight is 349 g/mol. The van der Waals surface area contributed by atoms with Crippen molar-refractivity contribution >= 4 is 46.8 Å². The Morgan fingerprint density at radius 3 is 2.81 bits per heavy atom. The number of carbonyl (C=O) groups is 1. The van der Waals surface area contributed by atoms with Crippen LogP contribution >= 0.6 is 35.2 Å². The zero-order chi connectivity index (χ0) is 11.7. The summed E-state index contributed by atoms with van der Waals surface area (Å²) in [4.78, 5) is 13.5. The molecule has 86 valence electrons.